The lowest BCUT2D eigenvalue weighted by Crippen LogP contribution is -2.21. The second kappa shape index (κ2) is 6.02. The first-order valence-corrected chi connectivity index (χ1v) is 8.03. The van der Waals surface area contributed by atoms with Crippen molar-refractivity contribution in [2.75, 3.05) is 0 Å². The molecule has 0 radical (unpaired) electrons. The Morgan fingerprint density at radius 2 is 2.05 bits per heavy atom. The molecule has 0 aliphatic heterocycles. The summed E-state index contributed by atoms with van der Waals surface area (Å²) in [6.07, 6.45) is 6.87. The van der Waals surface area contributed by atoms with E-state index < -0.39 is 0 Å². The van der Waals surface area contributed by atoms with E-state index in [0.29, 0.717) is 6.04 Å². The molecule has 0 unspecified atom stereocenters. The monoisotopic (exact) mass is 283 g/mol. The molecule has 0 fully saturated rings. The average Bonchev–Trinajstić information content (AvgIpc) is 2.89. The Labute approximate surface area is 127 Å². The molecule has 1 aromatic heterocycles. The summed E-state index contributed by atoms with van der Waals surface area (Å²) in [5.41, 5.74) is 6.66. The minimum absolute atomic E-state index is 0.519. The third kappa shape index (κ3) is 3.03. The fraction of sp³-hybridized carbons (Fsp3) is 0.500. The molecule has 3 nitrogen and oxygen atoms in total. The van der Waals surface area contributed by atoms with Crippen molar-refractivity contribution in [3.05, 3.63) is 47.0 Å². The SMILES string of the molecule is Cc1cc(CNC(C)C)ccc1-n1cnc2c1CCCC2. The van der Waals surface area contributed by atoms with Gasteiger partial charge in [0.25, 0.3) is 0 Å². The molecule has 0 saturated carbocycles. The number of benzene rings is 1. The van der Waals surface area contributed by atoms with Crippen LogP contribution in [0.2, 0.25) is 0 Å². The van der Waals surface area contributed by atoms with Crippen LogP contribution in [0.1, 0.15) is 49.2 Å². The molecule has 1 N–H and O–H groups in total. The number of imidazole rings is 1. The maximum absolute atomic E-state index is 4.61. The Morgan fingerprint density at radius 1 is 1.24 bits per heavy atom. The third-order valence-corrected chi connectivity index (χ3v) is 4.27. The predicted molar refractivity (Wildman–Crippen MR) is 86.9 cm³/mol. The van der Waals surface area contributed by atoms with Crippen LogP contribution in [0.4, 0.5) is 0 Å². The summed E-state index contributed by atoms with van der Waals surface area (Å²) in [5, 5.41) is 3.47. The number of nitrogens with zero attached hydrogens (tertiary/aromatic N) is 2. The standard InChI is InChI=1S/C18H25N3/c1-13(2)19-11-15-8-9-17(14(3)10-15)21-12-20-16-6-4-5-7-18(16)21/h8-10,12-13,19H,4-7,11H2,1-3H3. The quantitative estimate of drug-likeness (QED) is 0.930. The zero-order chi connectivity index (χ0) is 14.8. The van der Waals surface area contributed by atoms with Crippen molar-refractivity contribution < 1.29 is 0 Å². The largest absolute Gasteiger partial charge is 0.310 e. The van der Waals surface area contributed by atoms with Gasteiger partial charge in [-0.3, -0.25) is 0 Å². The van der Waals surface area contributed by atoms with E-state index in [0.717, 1.165) is 19.4 Å². The molecule has 1 aliphatic carbocycles. The van der Waals surface area contributed by atoms with Crippen LogP contribution in [-0.2, 0) is 19.4 Å². The molecule has 2 aromatic rings. The maximum Gasteiger partial charge on any atom is 0.0997 e. The molecule has 0 amide bonds. The Morgan fingerprint density at radius 3 is 2.81 bits per heavy atom. The highest BCUT2D eigenvalue weighted by atomic mass is 15.1. The van der Waals surface area contributed by atoms with Gasteiger partial charge in [-0.15, -0.1) is 0 Å². The molecule has 0 spiro atoms. The first-order chi connectivity index (χ1) is 10.1. The normalized spacial score (nSPS) is 14.5. The smallest absolute Gasteiger partial charge is 0.0997 e. The lowest BCUT2D eigenvalue weighted by molar-refractivity contribution is 0.588. The van der Waals surface area contributed by atoms with Crippen molar-refractivity contribution in [1.29, 1.82) is 0 Å². The Kier molecular flexibility index (Phi) is 4.11. The van der Waals surface area contributed by atoms with E-state index in [4.69, 9.17) is 0 Å². The topological polar surface area (TPSA) is 29.9 Å². The van der Waals surface area contributed by atoms with E-state index >= 15 is 0 Å². The van der Waals surface area contributed by atoms with Gasteiger partial charge in [0.2, 0.25) is 0 Å². The van der Waals surface area contributed by atoms with Gasteiger partial charge < -0.3 is 9.88 Å². The van der Waals surface area contributed by atoms with Gasteiger partial charge in [-0.05, 0) is 49.8 Å². The number of hydrogen-bond acceptors (Lipinski definition) is 2. The van der Waals surface area contributed by atoms with Crippen LogP contribution >= 0.6 is 0 Å². The minimum Gasteiger partial charge on any atom is -0.310 e. The number of aromatic nitrogens is 2. The van der Waals surface area contributed by atoms with Gasteiger partial charge in [0, 0.05) is 24.0 Å². The summed E-state index contributed by atoms with van der Waals surface area (Å²) >= 11 is 0. The molecule has 1 heterocycles. The lowest BCUT2D eigenvalue weighted by Gasteiger charge is -2.16. The van der Waals surface area contributed by atoms with Crippen molar-refractivity contribution in [3.63, 3.8) is 0 Å². The highest BCUT2D eigenvalue weighted by Gasteiger charge is 2.16. The zero-order valence-corrected chi connectivity index (χ0v) is 13.3. The summed E-state index contributed by atoms with van der Waals surface area (Å²) in [4.78, 5) is 4.61. The van der Waals surface area contributed by atoms with Crippen LogP contribution in [0.25, 0.3) is 5.69 Å². The van der Waals surface area contributed by atoms with Crippen LogP contribution in [0.15, 0.2) is 24.5 Å². The van der Waals surface area contributed by atoms with Crippen molar-refractivity contribution >= 4 is 0 Å². The van der Waals surface area contributed by atoms with Crippen LogP contribution in [0, 0.1) is 6.92 Å². The molecular formula is C18H25N3. The van der Waals surface area contributed by atoms with Gasteiger partial charge in [0.15, 0.2) is 0 Å². The highest BCUT2D eigenvalue weighted by Crippen LogP contribution is 2.25. The number of rotatable bonds is 4. The highest BCUT2D eigenvalue weighted by molar-refractivity contribution is 5.45. The molecule has 1 aliphatic rings. The third-order valence-electron chi connectivity index (χ3n) is 4.27. The van der Waals surface area contributed by atoms with Gasteiger partial charge in [0.05, 0.1) is 12.0 Å². The first-order valence-electron chi connectivity index (χ1n) is 8.03. The minimum atomic E-state index is 0.519. The summed E-state index contributed by atoms with van der Waals surface area (Å²) < 4.78 is 2.30. The van der Waals surface area contributed by atoms with E-state index in [9.17, 15) is 0 Å². The fourth-order valence-electron chi connectivity index (χ4n) is 3.10. The molecule has 1 aromatic carbocycles. The average molecular weight is 283 g/mol. The Balaban J connectivity index is 1.87. The Hall–Kier alpha value is -1.61. The molecule has 112 valence electrons. The molecular weight excluding hydrogens is 258 g/mol. The Bertz CT molecular complexity index is 625. The number of nitrogens with one attached hydrogen (secondary N) is 1. The number of fused-ring (bicyclic) bond motifs is 1. The second-order valence-electron chi connectivity index (χ2n) is 6.37. The second-order valence-corrected chi connectivity index (χ2v) is 6.37. The van der Waals surface area contributed by atoms with Crippen molar-refractivity contribution in [3.8, 4) is 5.69 Å². The van der Waals surface area contributed by atoms with E-state index in [1.54, 1.807) is 0 Å². The van der Waals surface area contributed by atoms with Gasteiger partial charge in [-0.25, -0.2) is 4.98 Å². The summed E-state index contributed by atoms with van der Waals surface area (Å²) in [7, 11) is 0. The summed E-state index contributed by atoms with van der Waals surface area (Å²) in [5.74, 6) is 0. The van der Waals surface area contributed by atoms with Crippen molar-refractivity contribution in [2.45, 2.75) is 59.0 Å². The molecule has 0 bridgehead atoms. The summed E-state index contributed by atoms with van der Waals surface area (Å²) in [6.45, 7) is 7.49. The molecule has 21 heavy (non-hydrogen) atoms. The lowest BCUT2D eigenvalue weighted by atomic mass is 10.0. The van der Waals surface area contributed by atoms with Crippen LogP contribution < -0.4 is 5.32 Å². The van der Waals surface area contributed by atoms with Crippen LogP contribution in [0.3, 0.4) is 0 Å². The summed E-state index contributed by atoms with van der Waals surface area (Å²) in [6, 6.07) is 7.28. The van der Waals surface area contributed by atoms with Gasteiger partial charge >= 0.3 is 0 Å². The van der Waals surface area contributed by atoms with Gasteiger partial charge in [-0.1, -0.05) is 26.0 Å². The van der Waals surface area contributed by atoms with Crippen molar-refractivity contribution in [1.82, 2.24) is 14.9 Å². The zero-order valence-electron chi connectivity index (χ0n) is 13.3. The van der Waals surface area contributed by atoms with E-state index in [1.807, 2.05) is 6.33 Å². The molecule has 0 saturated heterocycles. The molecule has 3 heteroatoms. The van der Waals surface area contributed by atoms with E-state index in [-0.39, 0.29) is 0 Å². The molecule has 0 atom stereocenters. The van der Waals surface area contributed by atoms with Gasteiger partial charge in [0.1, 0.15) is 0 Å². The fourth-order valence-corrected chi connectivity index (χ4v) is 3.10. The van der Waals surface area contributed by atoms with Crippen LogP contribution in [0.5, 0.6) is 0 Å². The van der Waals surface area contributed by atoms with Crippen LogP contribution in [-0.4, -0.2) is 15.6 Å². The van der Waals surface area contributed by atoms with E-state index in [2.05, 4.69) is 53.8 Å². The number of hydrogen-bond donors (Lipinski definition) is 1. The number of aryl methyl sites for hydroxylation is 2. The molecule has 3 rings (SSSR count). The van der Waals surface area contributed by atoms with Gasteiger partial charge in [-0.2, -0.15) is 0 Å². The first kappa shape index (κ1) is 14.3. The van der Waals surface area contributed by atoms with Crippen molar-refractivity contribution in [2.24, 2.45) is 0 Å². The predicted octanol–water partition coefficient (Wildman–Crippen LogP) is 3.56. The maximum atomic E-state index is 4.61. The van der Waals surface area contributed by atoms with E-state index in [1.165, 1.54) is 41.0 Å².